The number of rotatable bonds is 5. The maximum Gasteiger partial charge on any atom is 0.170 e. The predicted molar refractivity (Wildman–Crippen MR) is 74.6 cm³/mol. The third-order valence-electron chi connectivity index (χ3n) is 3.31. The molecule has 0 bridgehead atoms. The molecule has 0 spiro atoms. The van der Waals surface area contributed by atoms with Crippen LogP contribution in [0.1, 0.15) is 25.3 Å². The number of methoxy groups -OCH3 is 1. The van der Waals surface area contributed by atoms with Gasteiger partial charge in [0.1, 0.15) is 6.61 Å². The Morgan fingerprint density at radius 3 is 2.85 bits per heavy atom. The largest absolute Gasteiger partial charge is 0.493 e. The van der Waals surface area contributed by atoms with E-state index in [1.807, 2.05) is 0 Å². The Kier molecular flexibility index (Phi) is 4.68. The van der Waals surface area contributed by atoms with Gasteiger partial charge in [0.25, 0.3) is 0 Å². The molecular weight excluding hydrogens is 260 g/mol. The number of nitrogens with two attached hydrogens (primary N) is 1. The van der Waals surface area contributed by atoms with Crippen LogP contribution in [0.5, 0.6) is 11.5 Å². The van der Waals surface area contributed by atoms with Crippen LogP contribution in [0, 0.1) is 0 Å². The molecule has 0 aliphatic carbocycles. The van der Waals surface area contributed by atoms with Gasteiger partial charge < -0.3 is 25.2 Å². The topological polar surface area (TPSA) is 86.3 Å². The van der Waals surface area contributed by atoms with E-state index >= 15 is 0 Å². The van der Waals surface area contributed by atoms with Crippen LogP contribution in [0.15, 0.2) is 23.4 Å². The first-order valence-corrected chi connectivity index (χ1v) is 6.58. The Balaban J connectivity index is 2.04. The molecule has 6 nitrogen and oxygen atoms in total. The van der Waals surface area contributed by atoms with E-state index in [1.165, 1.54) is 0 Å². The molecule has 2 rings (SSSR count). The Hall–Kier alpha value is -1.95. The second kappa shape index (κ2) is 6.47. The minimum atomic E-state index is 0.0304. The summed E-state index contributed by atoms with van der Waals surface area (Å²) < 4.78 is 16.7. The molecular formula is C14H20N2O4. The number of hydrogen-bond donors (Lipinski definition) is 2. The van der Waals surface area contributed by atoms with Crippen LogP contribution in [0.4, 0.5) is 0 Å². The van der Waals surface area contributed by atoms with Gasteiger partial charge in [0, 0.05) is 5.56 Å². The quantitative estimate of drug-likeness (QED) is 0.371. The fourth-order valence-corrected chi connectivity index (χ4v) is 2.19. The van der Waals surface area contributed by atoms with Crippen molar-refractivity contribution >= 4 is 5.84 Å². The van der Waals surface area contributed by atoms with Gasteiger partial charge in [-0.2, -0.15) is 0 Å². The van der Waals surface area contributed by atoms with E-state index in [0.29, 0.717) is 29.8 Å². The SMILES string of the molecule is COc1cc(/C(N)=N/O)ccc1OCC1CCC(C)O1. The lowest BCUT2D eigenvalue weighted by atomic mass is 10.2. The fraction of sp³-hybridized carbons (Fsp3) is 0.500. The van der Waals surface area contributed by atoms with Gasteiger partial charge >= 0.3 is 0 Å². The maximum atomic E-state index is 8.67. The second-order valence-corrected chi connectivity index (χ2v) is 4.81. The van der Waals surface area contributed by atoms with Gasteiger partial charge in [-0.1, -0.05) is 5.16 Å². The van der Waals surface area contributed by atoms with Crippen LogP contribution in [-0.4, -0.2) is 37.0 Å². The zero-order valence-electron chi connectivity index (χ0n) is 11.7. The molecule has 1 aliphatic rings. The Morgan fingerprint density at radius 1 is 1.45 bits per heavy atom. The molecule has 2 unspecified atom stereocenters. The number of amidine groups is 1. The van der Waals surface area contributed by atoms with E-state index in [0.717, 1.165) is 12.8 Å². The minimum Gasteiger partial charge on any atom is -0.493 e. The van der Waals surface area contributed by atoms with Crippen LogP contribution in [0.25, 0.3) is 0 Å². The van der Waals surface area contributed by atoms with Crippen molar-refractivity contribution in [3.05, 3.63) is 23.8 Å². The molecule has 20 heavy (non-hydrogen) atoms. The number of hydrogen-bond acceptors (Lipinski definition) is 5. The van der Waals surface area contributed by atoms with E-state index in [9.17, 15) is 0 Å². The summed E-state index contributed by atoms with van der Waals surface area (Å²) in [6, 6.07) is 5.12. The maximum absolute atomic E-state index is 8.67. The molecule has 0 saturated carbocycles. The monoisotopic (exact) mass is 280 g/mol. The molecule has 1 heterocycles. The summed E-state index contributed by atoms with van der Waals surface area (Å²) in [7, 11) is 1.55. The van der Waals surface area contributed by atoms with Crippen LogP contribution in [-0.2, 0) is 4.74 Å². The standard InChI is InChI=1S/C14H20N2O4/c1-9-3-5-11(20-9)8-19-12-6-4-10(14(15)16-17)7-13(12)18-2/h4,6-7,9,11,17H,3,5,8H2,1-2H3,(H2,15,16). The Morgan fingerprint density at radius 2 is 2.25 bits per heavy atom. The highest BCUT2D eigenvalue weighted by Crippen LogP contribution is 2.29. The third kappa shape index (κ3) is 3.33. The third-order valence-corrected chi connectivity index (χ3v) is 3.31. The molecule has 110 valence electrons. The van der Waals surface area contributed by atoms with Crippen molar-refractivity contribution in [2.45, 2.75) is 32.0 Å². The van der Waals surface area contributed by atoms with Gasteiger partial charge in [-0.3, -0.25) is 0 Å². The van der Waals surface area contributed by atoms with E-state index < -0.39 is 0 Å². The van der Waals surface area contributed by atoms with Crippen molar-refractivity contribution < 1.29 is 19.4 Å². The first-order chi connectivity index (χ1) is 9.63. The number of nitrogens with zero attached hydrogens (tertiary/aromatic N) is 1. The van der Waals surface area contributed by atoms with Crippen LogP contribution < -0.4 is 15.2 Å². The molecule has 1 aromatic rings. The lowest BCUT2D eigenvalue weighted by molar-refractivity contribution is 0.0259. The molecule has 1 fully saturated rings. The van der Waals surface area contributed by atoms with E-state index in [4.69, 9.17) is 25.2 Å². The van der Waals surface area contributed by atoms with Crippen molar-refractivity contribution in [2.24, 2.45) is 10.9 Å². The van der Waals surface area contributed by atoms with Crippen LogP contribution in [0.3, 0.4) is 0 Å². The lowest BCUT2D eigenvalue weighted by Gasteiger charge is -2.15. The van der Waals surface area contributed by atoms with Gasteiger partial charge in [-0.25, -0.2) is 0 Å². The molecule has 2 atom stereocenters. The van der Waals surface area contributed by atoms with Crippen molar-refractivity contribution in [3.8, 4) is 11.5 Å². The second-order valence-electron chi connectivity index (χ2n) is 4.81. The highest BCUT2D eigenvalue weighted by Gasteiger charge is 2.22. The van der Waals surface area contributed by atoms with Crippen molar-refractivity contribution in [1.82, 2.24) is 0 Å². The lowest BCUT2D eigenvalue weighted by Crippen LogP contribution is -2.18. The van der Waals surface area contributed by atoms with E-state index in [-0.39, 0.29) is 11.9 Å². The highest BCUT2D eigenvalue weighted by atomic mass is 16.6. The number of ether oxygens (including phenoxy) is 3. The number of benzene rings is 1. The summed E-state index contributed by atoms with van der Waals surface area (Å²) in [4.78, 5) is 0. The highest BCUT2D eigenvalue weighted by molar-refractivity contribution is 5.97. The Bertz CT molecular complexity index is 490. The van der Waals surface area contributed by atoms with Crippen molar-refractivity contribution in [1.29, 1.82) is 0 Å². The van der Waals surface area contributed by atoms with E-state index in [2.05, 4.69) is 12.1 Å². The molecule has 0 radical (unpaired) electrons. The van der Waals surface area contributed by atoms with Crippen molar-refractivity contribution in [2.75, 3.05) is 13.7 Å². The van der Waals surface area contributed by atoms with Gasteiger partial charge in [0.15, 0.2) is 17.3 Å². The van der Waals surface area contributed by atoms with E-state index in [1.54, 1.807) is 25.3 Å². The molecule has 3 N–H and O–H groups in total. The molecule has 0 amide bonds. The van der Waals surface area contributed by atoms with Crippen LogP contribution >= 0.6 is 0 Å². The van der Waals surface area contributed by atoms with Gasteiger partial charge in [0.2, 0.25) is 0 Å². The zero-order chi connectivity index (χ0) is 14.5. The molecule has 6 heteroatoms. The summed E-state index contributed by atoms with van der Waals surface area (Å²) >= 11 is 0. The van der Waals surface area contributed by atoms with Crippen LogP contribution in [0.2, 0.25) is 0 Å². The van der Waals surface area contributed by atoms with Gasteiger partial charge in [-0.05, 0) is 38.0 Å². The number of oxime groups is 1. The van der Waals surface area contributed by atoms with Gasteiger partial charge in [0.05, 0.1) is 19.3 Å². The molecule has 1 saturated heterocycles. The normalized spacial score (nSPS) is 22.8. The minimum absolute atomic E-state index is 0.0304. The molecule has 1 aliphatic heterocycles. The average molecular weight is 280 g/mol. The molecule has 0 aromatic heterocycles. The predicted octanol–water partition coefficient (Wildman–Crippen LogP) is 1.74. The summed E-state index contributed by atoms with van der Waals surface area (Å²) in [6.45, 7) is 2.55. The fourth-order valence-electron chi connectivity index (χ4n) is 2.19. The first kappa shape index (κ1) is 14.5. The summed E-state index contributed by atoms with van der Waals surface area (Å²) in [5, 5.41) is 11.6. The smallest absolute Gasteiger partial charge is 0.170 e. The molecule has 1 aromatic carbocycles. The average Bonchev–Trinajstić information content (AvgIpc) is 2.89. The summed E-state index contributed by atoms with van der Waals surface area (Å²) in [5.74, 6) is 1.19. The van der Waals surface area contributed by atoms with Gasteiger partial charge in [-0.15, -0.1) is 0 Å². The zero-order valence-corrected chi connectivity index (χ0v) is 11.7. The first-order valence-electron chi connectivity index (χ1n) is 6.58. The Labute approximate surface area is 118 Å². The van der Waals surface area contributed by atoms with Crippen molar-refractivity contribution in [3.63, 3.8) is 0 Å². The summed E-state index contributed by atoms with van der Waals surface area (Å²) in [5.41, 5.74) is 6.11. The summed E-state index contributed by atoms with van der Waals surface area (Å²) in [6.07, 6.45) is 2.49.